The lowest BCUT2D eigenvalue weighted by Gasteiger charge is -2.20. The van der Waals surface area contributed by atoms with Crippen molar-refractivity contribution in [3.05, 3.63) is 0 Å². The number of hydrogen-bond acceptors (Lipinski definition) is 9. The number of aliphatic hydroxyl groups excluding tert-OH is 2. The Morgan fingerprint density at radius 1 is 0.383 bits per heavy atom. The molecule has 10 nitrogen and oxygen atoms in total. The van der Waals surface area contributed by atoms with Gasteiger partial charge in [0.15, 0.2) is 0 Å². The highest BCUT2D eigenvalue weighted by Crippen LogP contribution is 2.43. The summed E-state index contributed by atoms with van der Waals surface area (Å²) in [5.74, 6) is -1.000. The van der Waals surface area contributed by atoms with Crippen molar-refractivity contribution in [3.8, 4) is 0 Å². The summed E-state index contributed by atoms with van der Waals surface area (Å²) in [6, 6.07) is 0. The first-order valence-electron chi connectivity index (χ1n) is 25.5. The van der Waals surface area contributed by atoms with E-state index in [4.69, 9.17) is 18.5 Å². The molecule has 0 aliphatic rings. The van der Waals surface area contributed by atoms with Crippen molar-refractivity contribution >= 4 is 19.8 Å². The Morgan fingerprint density at radius 3 is 0.783 bits per heavy atom. The van der Waals surface area contributed by atoms with E-state index in [0.29, 0.717) is 12.8 Å². The van der Waals surface area contributed by atoms with Gasteiger partial charge in [0.05, 0.1) is 26.4 Å². The van der Waals surface area contributed by atoms with E-state index >= 15 is 0 Å². The van der Waals surface area contributed by atoms with Crippen LogP contribution in [0.3, 0.4) is 0 Å². The molecule has 0 bridgehead atoms. The smallest absolute Gasteiger partial charge is 0.457 e. The zero-order valence-corrected chi connectivity index (χ0v) is 40.1. The first-order valence-corrected chi connectivity index (χ1v) is 27.0. The number of carbonyl (C=O) groups is 2. The predicted octanol–water partition coefficient (Wildman–Crippen LogP) is 14.2. The monoisotopic (exact) mass is 877 g/mol. The van der Waals surface area contributed by atoms with Gasteiger partial charge in [-0.2, -0.15) is 0 Å². The van der Waals surface area contributed by atoms with Crippen LogP contribution < -0.4 is 0 Å². The number of phosphoric ester groups is 1. The minimum Gasteiger partial charge on any atom is -0.457 e. The van der Waals surface area contributed by atoms with Gasteiger partial charge in [0.1, 0.15) is 12.2 Å². The van der Waals surface area contributed by atoms with Crippen LogP contribution in [0.1, 0.15) is 264 Å². The van der Waals surface area contributed by atoms with Crippen LogP contribution in [0.15, 0.2) is 0 Å². The largest absolute Gasteiger partial charge is 0.472 e. The van der Waals surface area contributed by atoms with Crippen LogP contribution in [0.2, 0.25) is 0 Å². The summed E-state index contributed by atoms with van der Waals surface area (Å²) in [4.78, 5) is 34.7. The maximum atomic E-state index is 12.4. The first-order chi connectivity index (χ1) is 29.3. The number of aliphatic hydroxyl groups is 2. The van der Waals surface area contributed by atoms with E-state index in [2.05, 4.69) is 13.8 Å². The van der Waals surface area contributed by atoms with E-state index in [1.54, 1.807) is 0 Å². The molecule has 0 spiro atoms. The number of carbonyl (C=O) groups excluding carboxylic acids is 2. The third-order valence-electron chi connectivity index (χ3n) is 11.6. The average Bonchev–Trinajstić information content (AvgIpc) is 3.24. The molecule has 0 aromatic heterocycles. The molecule has 0 heterocycles. The number of unbranched alkanes of at least 4 members (excludes halogenated alkanes) is 35. The van der Waals surface area contributed by atoms with Crippen molar-refractivity contribution in [2.24, 2.45) is 0 Å². The molecule has 0 aliphatic carbocycles. The van der Waals surface area contributed by atoms with Gasteiger partial charge in [0.2, 0.25) is 0 Å². The lowest BCUT2D eigenvalue weighted by atomic mass is 10.0. The molecule has 0 radical (unpaired) electrons. The second-order valence-electron chi connectivity index (χ2n) is 17.5. The van der Waals surface area contributed by atoms with Gasteiger partial charge in [-0.15, -0.1) is 0 Å². The molecule has 60 heavy (non-hydrogen) atoms. The molecule has 3 unspecified atom stereocenters. The quantitative estimate of drug-likeness (QED) is 0.0306. The standard InChI is InChI=1S/C49H97O10P/c1-3-5-7-9-11-13-15-17-19-21-22-23-24-25-27-29-31-33-35-37-39-41-49(53)59-47(43-51)45-57-60(54,55)56-44-46(42-50)58-48(52)40-38-36-34-32-30-28-26-20-18-16-14-12-10-8-6-4-2/h46-47,50-51H,3-45H2,1-2H3,(H,54,55). The van der Waals surface area contributed by atoms with Gasteiger partial charge < -0.3 is 24.6 Å². The molecule has 0 aromatic carbocycles. The lowest BCUT2D eigenvalue weighted by Crippen LogP contribution is -2.28. The Hall–Kier alpha value is -1.03. The number of rotatable bonds is 49. The van der Waals surface area contributed by atoms with Crippen LogP contribution in [0.4, 0.5) is 0 Å². The Morgan fingerprint density at radius 2 is 0.583 bits per heavy atom. The van der Waals surface area contributed by atoms with Gasteiger partial charge in [-0.3, -0.25) is 18.6 Å². The average molecular weight is 877 g/mol. The molecule has 0 saturated heterocycles. The number of ether oxygens (including phenoxy) is 2. The van der Waals surface area contributed by atoms with E-state index in [9.17, 15) is 29.3 Å². The summed E-state index contributed by atoms with van der Waals surface area (Å²) in [6.07, 6.45) is 45.1. The van der Waals surface area contributed by atoms with Gasteiger partial charge in [0.25, 0.3) is 0 Å². The Labute approximate surface area is 369 Å². The molecule has 0 aromatic rings. The minimum atomic E-state index is -4.63. The normalized spacial score (nSPS) is 13.6. The molecule has 11 heteroatoms. The van der Waals surface area contributed by atoms with Crippen molar-refractivity contribution in [2.45, 2.75) is 276 Å². The topological polar surface area (TPSA) is 149 Å². The Kier molecular flexibility index (Phi) is 45.2. The van der Waals surface area contributed by atoms with Crippen molar-refractivity contribution in [1.29, 1.82) is 0 Å². The highest BCUT2D eigenvalue weighted by molar-refractivity contribution is 7.47. The molecule has 0 fully saturated rings. The molecular weight excluding hydrogens is 780 g/mol. The molecule has 0 saturated carbocycles. The highest BCUT2D eigenvalue weighted by atomic mass is 31.2. The van der Waals surface area contributed by atoms with Crippen molar-refractivity contribution in [1.82, 2.24) is 0 Å². The third-order valence-corrected chi connectivity index (χ3v) is 12.5. The van der Waals surface area contributed by atoms with Gasteiger partial charge in [-0.25, -0.2) is 4.57 Å². The summed E-state index contributed by atoms with van der Waals surface area (Å²) >= 11 is 0. The molecule has 0 amide bonds. The number of phosphoric acid groups is 1. The predicted molar refractivity (Wildman–Crippen MR) is 247 cm³/mol. The van der Waals surface area contributed by atoms with Crippen molar-refractivity contribution in [3.63, 3.8) is 0 Å². The Balaban J connectivity index is 3.79. The fourth-order valence-electron chi connectivity index (χ4n) is 7.65. The fourth-order valence-corrected chi connectivity index (χ4v) is 8.43. The van der Waals surface area contributed by atoms with Gasteiger partial charge in [-0.1, -0.05) is 239 Å². The first kappa shape index (κ1) is 59.0. The van der Waals surface area contributed by atoms with Crippen LogP contribution in [-0.2, 0) is 32.7 Å². The van der Waals surface area contributed by atoms with Crippen LogP contribution in [0.25, 0.3) is 0 Å². The van der Waals surface area contributed by atoms with Crippen LogP contribution in [-0.4, -0.2) is 65.7 Å². The second-order valence-corrected chi connectivity index (χ2v) is 19.0. The van der Waals surface area contributed by atoms with E-state index in [1.807, 2.05) is 0 Å². The molecule has 0 rings (SSSR count). The maximum Gasteiger partial charge on any atom is 0.472 e. The van der Waals surface area contributed by atoms with E-state index in [1.165, 1.54) is 186 Å². The van der Waals surface area contributed by atoms with E-state index < -0.39 is 58.4 Å². The van der Waals surface area contributed by atoms with Gasteiger partial charge in [-0.05, 0) is 12.8 Å². The van der Waals surface area contributed by atoms with Crippen molar-refractivity contribution < 1.29 is 47.8 Å². The van der Waals surface area contributed by atoms with Gasteiger partial charge in [0, 0.05) is 12.8 Å². The second kappa shape index (κ2) is 46.0. The summed E-state index contributed by atoms with van der Waals surface area (Å²) < 4.78 is 32.7. The highest BCUT2D eigenvalue weighted by Gasteiger charge is 2.27. The van der Waals surface area contributed by atoms with Gasteiger partial charge >= 0.3 is 19.8 Å². The zero-order valence-electron chi connectivity index (χ0n) is 39.2. The summed E-state index contributed by atoms with van der Waals surface area (Å²) in [5, 5.41) is 19.2. The molecule has 3 N–H and O–H groups in total. The number of esters is 2. The minimum absolute atomic E-state index is 0.200. The third kappa shape index (κ3) is 43.6. The van der Waals surface area contributed by atoms with Crippen LogP contribution in [0.5, 0.6) is 0 Å². The Bertz CT molecular complexity index is 966. The molecule has 3 atom stereocenters. The van der Waals surface area contributed by atoms with Crippen LogP contribution >= 0.6 is 7.82 Å². The molecule has 358 valence electrons. The fraction of sp³-hybridized carbons (Fsp3) is 0.959. The molecule has 0 aliphatic heterocycles. The zero-order chi connectivity index (χ0) is 44.0. The summed E-state index contributed by atoms with van der Waals surface area (Å²) in [6.45, 7) is 2.28. The molecular formula is C49H97O10P. The lowest BCUT2D eigenvalue weighted by molar-refractivity contribution is -0.153. The SMILES string of the molecule is CCCCCCCCCCCCCCCCCCCCCCCC(=O)OC(CO)COP(=O)(O)OCC(CO)OC(=O)CCCCCCCCCCCCCCCCCC. The summed E-state index contributed by atoms with van der Waals surface area (Å²) in [7, 11) is -4.63. The summed E-state index contributed by atoms with van der Waals surface area (Å²) in [5.41, 5.74) is 0. The van der Waals surface area contributed by atoms with Crippen molar-refractivity contribution in [2.75, 3.05) is 26.4 Å². The maximum absolute atomic E-state index is 12.4. The van der Waals surface area contributed by atoms with E-state index in [-0.39, 0.29) is 12.8 Å². The number of hydrogen-bond donors (Lipinski definition) is 3. The van der Waals surface area contributed by atoms with Crippen LogP contribution in [0, 0.1) is 0 Å². The van der Waals surface area contributed by atoms with E-state index in [0.717, 1.165) is 38.5 Å².